The van der Waals surface area contributed by atoms with Crippen molar-refractivity contribution in [2.45, 2.75) is 43.5 Å². The van der Waals surface area contributed by atoms with Crippen molar-refractivity contribution in [3.63, 3.8) is 0 Å². The fourth-order valence-corrected chi connectivity index (χ4v) is 1.00. The van der Waals surface area contributed by atoms with Crippen LogP contribution in [0.5, 0.6) is 0 Å². The largest absolute Gasteiger partial charge is 0.394 e. The predicted molar refractivity (Wildman–Crippen MR) is 48.6 cm³/mol. The Morgan fingerprint density at radius 3 is 1.80 bits per heavy atom. The lowest BCUT2D eigenvalue weighted by atomic mass is 9.96. The normalized spacial score (nSPS) is 20.8. The number of aliphatic hydroxyl groups is 7. The molecule has 0 unspecified atom stereocenters. The highest BCUT2D eigenvalue weighted by Gasteiger charge is 2.41. The Morgan fingerprint density at radius 1 is 1.00 bits per heavy atom. The lowest BCUT2D eigenvalue weighted by Crippen LogP contribution is -2.55. The second kappa shape index (κ2) is 5.71. The van der Waals surface area contributed by atoms with Gasteiger partial charge in [-0.25, -0.2) is 0 Å². The molecule has 0 radical (unpaired) electrons. The van der Waals surface area contributed by atoms with Crippen LogP contribution in [0.25, 0.3) is 0 Å². The molecule has 92 valence electrons. The SMILES string of the molecule is CCC(O)(O)[C@H](O)[C@@H](O)[C@H](O)[C@H](O)CO. The summed E-state index contributed by atoms with van der Waals surface area (Å²) in [6, 6.07) is 0. The van der Waals surface area contributed by atoms with Crippen LogP contribution >= 0.6 is 0 Å². The van der Waals surface area contributed by atoms with Gasteiger partial charge in [-0.15, -0.1) is 0 Å². The Bertz CT molecular complexity index is 184. The van der Waals surface area contributed by atoms with Gasteiger partial charge in [0.05, 0.1) is 6.61 Å². The van der Waals surface area contributed by atoms with Gasteiger partial charge in [-0.2, -0.15) is 0 Å². The summed E-state index contributed by atoms with van der Waals surface area (Å²) in [6.45, 7) is 0.533. The van der Waals surface area contributed by atoms with E-state index in [1.807, 2.05) is 0 Å². The molecule has 7 heteroatoms. The van der Waals surface area contributed by atoms with Crippen molar-refractivity contribution in [3.8, 4) is 0 Å². The molecule has 0 aromatic carbocycles. The molecule has 15 heavy (non-hydrogen) atoms. The zero-order valence-corrected chi connectivity index (χ0v) is 8.35. The minimum atomic E-state index is -2.56. The molecule has 0 aliphatic rings. The zero-order chi connectivity index (χ0) is 12.2. The molecule has 0 aliphatic carbocycles. The first-order valence-corrected chi connectivity index (χ1v) is 4.55. The van der Waals surface area contributed by atoms with Crippen LogP contribution in [0.3, 0.4) is 0 Å². The fourth-order valence-electron chi connectivity index (χ4n) is 1.00. The maximum Gasteiger partial charge on any atom is 0.191 e. The summed E-state index contributed by atoms with van der Waals surface area (Å²) in [4.78, 5) is 0. The van der Waals surface area contributed by atoms with Gasteiger partial charge in [0.1, 0.15) is 24.4 Å². The van der Waals surface area contributed by atoms with Crippen molar-refractivity contribution in [2.75, 3.05) is 6.61 Å². The number of rotatable bonds is 6. The molecule has 0 bridgehead atoms. The van der Waals surface area contributed by atoms with E-state index in [0.29, 0.717) is 0 Å². The molecule has 0 aromatic heterocycles. The average molecular weight is 226 g/mol. The van der Waals surface area contributed by atoms with Crippen LogP contribution in [0.2, 0.25) is 0 Å². The minimum absolute atomic E-state index is 0.271. The highest BCUT2D eigenvalue weighted by Crippen LogP contribution is 2.17. The molecule has 0 spiro atoms. The minimum Gasteiger partial charge on any atom is -0.394 e. The maximum absolute atomic E-state index is 9.26. The summed E-state index contributed by atoms with van der Waals surface area (Å²) >= 11 is 0. The van der Waals surface area contributed by atoms with E-state index in [2.05, 4.69) is 0 Å². The zero-order valence-electron chi connectivity index (χ0n) is 8.35. The summed E-state index contributed by atoms with van der Waals surface area (Å²) in [5.74, 6) is -2.56. The molecule has 0 aromatic rings. The summed E-state index contributed by atoms with van der Waals surface area (Å²) < 4.78 is 0. The van der Waals surface area contributed by atoms with Gasteiger partial charge in [-0.3, -0.25) is 0 Å². The molecule has 0 aliphatic heterocycles. The van der Waals surface area contributed by atoms with Crippen molar-refractivity contribution in [1.29, 1.82) is 0 Å². The van der Waals surface area contributed by atoms with E-state index in [-0.39, 0.29) is 6.42 Å². The Hall–Kier alpha value is -0.280. The third kappa shape index (κ3) is 3.65. The van der Waals surface area contributed by atoms with Crippen LogP contribution in [-0.2, 0) is 0 Å². The number of hydrogen-bond acceptors (Lipinski definition) is 7. The lowest BCUT2D eigenvalue weighted by Gasteiger charge is -2.33. The Labute approximate surface area is 86.9 Å². The first-order valence-electron chi connectivity index (χ1n) is 4.55. The van der Waals surface area contributed by atoms with E-state index in [4.69, 9.17) is 20.4 Å². The van der Waals surface area contributed by atoms with Crippen LogP contribution in [0.4, 0.5) is 0 Å². The summed E-state index contributed by atoms with van der Waals surface area (Å²) in [7, 11) is 0. The number of hydrogen-bond donors (Lipinski definition) is 7. The third-order valence-electron chi connectivity index (χ3n) is 2.25. The molecule has 0 saturated carbocycles. The molecule has 4 atom stereocenters. The maximum atomic E-state index is 9.26. The van der Waals surface area contributed by atoms with Gasteiger partial charge in [-0.05, 0) is 0 Å². The van der Waals surface area contributed by atoms with Crippen LogP contribution in [0, 0.1) is 0 Å². The van der Waals surface area contributed by atoms with E-state index in [1.54, 1.807) is 0 Å². The van der Waals surface area contributed by atoms with Crippen molar-refractivity contribution >= 4 is 0 Å². The van der Waals surface area contributed by atoms with E-state index < -0.39 is 36.8 Å². The Balaban J connectivity index is 4.50. The third-order valence-corrected chi connectivity index (χ3v) is 2.25. The molecule has 0 saturated heterocycles. The standard InChI is InChI=1S/C8H18O7/c1-2-8(14,15)7(13)6(12)5(11)4(10)3-9/h4-7,9-15H,2-3H2,1H3/t4-,5-,6+,7-/m1/s1. The van der Waals surface area contributed by atoms with Crippen molar-refractivity contribution < 1.29 is 35.7 Å². The first-order chi connectivity index (χ1) is 6.77. The lowest BCUT2D eigenvalue weighted by molar-refractivity contribution is -0.262. The molecule has 0 heterocycles. The average Bonchev–Trinajstić information content (AvgIpc) is 2.24. The van der Waals surface area contributed by atoms with Crippen LogP contribution in [-0.4, -0.2) is 72.6 Å². The van der Waals surface area contributed by atoms with Crippen molar-refractivity contribution in [1.82, 2.24) is 0 Å². The summed E-state index contributed by atoms with van der Waals surface area (Å²) in [5.41, 5.74) is 0. The van der Waals surface area contributed by atoms with E-state index in [9.17, 15) is 15.3 Å². The molecular weight excluding hydrogens is 208 g/mol. The second-order valence-corrected chi connectivity index (χ2v) is 3.41. The summed E-state index contributed by atoms with van der Waals surface area (Å²) in [5, 5.41) is 63.4. The smallest absolute Gasteiger partial charge is 0.191 e. The van der Waals surface area contributed by atoms with Gasteiger partial charge in [0.2, 0.25) is 0 Å². The van der Waals surface area contributed by atoms with Crippen LogP contribution < -0.4 is 0 Å². The van der Waals surface area contributed by atoms with Gasteiger partial charge in [-0.1, -0.05) is 6.92 Å². The molecular formula is C8H18O7. The monoisotopic (exact) mass is 226 g/mol. The van der Waals surface area contributed by atoms with Crippen LogP contribution in [0.15, 0.2) is 0 Å². The van der Waals surface area contributed by atoms with Gasteiger partial charge in [0, 0.05) is 6.42 Å². The highest BCUT2D eigenvalue weighted by atomic mass is 16.5. The predicted octanol–water partition coefficient (Wildman–Crippen LogP) is -3.49. The summed E-state index contributed by atoms with van der Waals surface area (Å²) in [6.07, 6.45) is -7.81. The molecule has 7 nitrogen and oxygen atoms in total. The highest BCUT2D eigenvalue weighted by molar-refractivity contribution is 4.87. The van der Waals surface area contributed by atoms with E-state index in [1.165, 1.54) is 6.92 Å². The van der Waals surface area contributed by atoms with E-state index >= 15 is 0 Å². The first kappa shape index (κ1) is 14.7. The van der Waals surface area contributed by atoms with E-state index in [0.717, 1.165) is 0 Å². The van der Waals surface area contributed by atoms with Crippen molar-refractivity contribution in [2.24, 2.45) is 0 Å². The fraction of sp³-hybridized carbons (Fsp3) is 1.00. The van der Waals surface area contributed by atoms with Gasteiger partial charge >= 0.3 is 0 Å². The van der Waals surface area contributed by atoms with Gasteiger partial charge in [0.25, 0.3) is 0 Å². The molecule has 0 amide bonds. The molecule has 7 N–H and O–H groups in total. The van der Waals surface area contributed by atoms with Crippen molar-refractivity contribution in [3.05, 3.63) is 0 Å². The second-order valence-electron chi connectivity index (χ2n) is 3.41. The topological polar surface area (TPSA) is 142 Å². The van der Waals surface area contributed by atoms with Gasteiger partial charge in [0.15, 0.2) is 5.79 Å². The Kier molecular flexibility index (Phi) is 5.60. The number of aliphatic hydroxyl groups excluding tert-OH is 5. The van der Waals surface area contributed by atoms with Gasteiger partial charge < -0.3 is 35.7 Å². The molecule has 0 fully saturated rings. The quantitative estimate of drug-likeness (QED) is 0.233. The Morgan fingerprint density at radius 2 is 1.47 bits per heavy atom. The molecule has 0 rings (SSSR count). The van der Waals surface area contributed by atoms with Crippen LogP contribution in [0.1, 0.15) is 13.3 Å².